The van der Waals surface area contributed by atoms with E-state index in [0.29, 0.717) is 23.3 Å². The van der Waals surface area contributed by atoms with Gasteiger partial charge in [-0.3, -0.25) is 9.36 Å². The Kier molecular flexibility index (Phi) is 2.29. The molecule has 1 aliphatic rings. The molecule has 5 rings (SSSR count). The molecule has 0 aliphatic carbocycles. The van der Waals surface area contributed by atoms with Crippen molar-refractivity contribution in [2.24, 2.45) is 0 Å². The fraction of sp³-hybridized carbons (Fsp3) is 0.111. The van der Waals surface area contributed by atoms with Gasteiger partial charge in [-0.05, 0) is 42.3 Å². The number of H-pyrrole nitrogens is 1. The van der Waals surface area contributed by atoms with Gasteiger partial charge >= 0.3 is 0 Å². The van der Waals surface area contributed by atoms with E-state index in [-0.39, 0.29) is 11.3 Å². The summed E-state index contributed by atoms with van der Waals surface area (Å²) in [5.74, 6) is 0.916. The minimum atomic E-state index is -0.00208. The molecule has 0 saturated heterocycles. The van der Waals surface area contributed by atoms with Crippen molar-refractivity contribution in [1.82, 2.24) is 14.5 Å². The largest absolute Gasteiger partial charge is 0.508 e. The van der Waals surface area contributed by atoms with E-state index in [1.807, 2.05) is 30.3 Å². The maximum Gasteiger partial charge on any atom is 0.261 e. The van der Waals surface area contributed by atoms with Crippen molar-refractivity contribution in [3.8, 4) is 17.3 Å². The van der Waals surface area contributed by atoms with E-state index in [9.17, 15) is 9.90 Å². The predicted octanol–water partition coefficient (Wildman–Crippen LogP) is 2.81. The third-order valence-corrected chi connectivity index (χ3v) is 4.56. The summed E-state index contributed by atoms with van der Waals surface area (Å²) in [6, 6.07) is 12.7. The topological polar surface area (TPSA) is 70.9 Å². The number of nitrogens with one attached hydrogen (secondary N) is 1. The Morgan fingerprint density at radius 3 is 2.91 bits per heavy atom. The fourth-order valence-electron chi connectivity index (χ4n) is 3.48. The minimum absolute atomic E-state index is 0.00208. The molecule has 0 spiro atoms. The second-order valence-corrected chi connectivity index (χ2v) is 5.87. The smallest absolute Gasteiger partial charge is 0.261 e. The molecule has 4 aromatic rings. The Hall–Kier alpha value is -3.08. The lowest BCUT2D eigenvalue weighted by Gasteiger charge is -2.18. The maximum absolute atomic E-state index is 12.7. The van der Waals surface area contributed by atoms with E-state index in [0.717, 1.165) is 28.6 Å². The van der Waals surface area contributed by atoms with Crippen LogP contribution in [-0.2, 0) is 13.0 Å². The van der Waals surface area contributed by atoms with Gasteiger partial charge in [-0.25, -0.2) is 4.98 Å². The van der Waals surface area contributed by atoms with Gasteiger partial charge in [0.2, 0.25) is 0 Å². The zero-order valence-corrected chi connectivity index (χ0v) is 12.2. The lowest BCUT2D eigenvalue weighted by Crippen LogP contribution is -2.27. The Balaban J connectivity index is 1.90. The Labute approximate surface area is 130 Å². The average Bonchev–Trinajstić information content (AvgIpc) is 2.93. The molecular formula is C18H13N3O2. The monoisotopic (exact) mass is 303 g/mol. The van der Waals surface area contributed by atoms with Gasteiger partial charge in [-0.1, -0.05) is 12.1 Å². The van der Waals surface area contributed by atoms with Crippen LogP contribution in [0.15, 0.2) is 47.3 Å². The molecule has 0 atom stereocenters. The molecule has 2 aromatic carbocycles. The third kappa shape index (κ3) is 1.61. The van der Waals surface area contributed by atoms with Gasteiger partial charge in [0.25, 0.3) is 5.56 Å². The Morgan fingerprint density at radius 2 is 2.00 bits per heavy atom. The first-order chi connectivity index (χ1) is 11.2. The summed E-state index contributed by atoms with van der Waals surface area (Å²) in [5.41, 5.74) is 3.64. The maximum atomic E-state index is 12.7. The highest BCUT2D eigenvalue weighted by atomic mass is 16.3. The molecule has 2 N–H and O–H groups in total. The zero-order chi connectivity index (χ0) is 15.6. The van der Waals surface area contributed by atoms with E-state index >= 15 is 0 Å². The number of hydrogen-bond acceptors (Lipinski definition) is 3. The van der Waals surface area contributed by atoms with Crippen LogP contribution in [0.1, 0.15) is 5.56 Å². The van der Waals surface area contributed by atoms with Crippen molar-refractivity contribution >= 4 is 21.8 Å². The highest BCUT2D eigenvalue weighted by Crippen LogP contribution is 2.34. The second-order valence-electron chi connectivity index (χ2n) is 5.87. The van der Waals surface area contributed by atoms with Crippen LogP contribution in [0.3, 0.4) is 0 Å². The molecule has 2 aromatic heterocycles. The highest BCUT2D eigenvalue weighted by molar-refractivity contribution is 5.92. The number of aromatic hydroxyl groups is 1. The lowest BCUT2D eigenvalue weighted by molar-refractivity contribution is 0.476. The van der Waals surface area contributed by atoms with Gasteiger partial charge in [0.05, 0.1) is 16.6 Å². The van der Waals surface area contributed by atoms with Gasteiger partial charge in [-0.15, -0.1) is 0 Å². The molecule has 0 fully saturated rings. The number of hydrogen-bond donors (Lipinski definition) is 2. The first-order valence-electron chi connectivity index (χ1n) is 7.56. The van der Waals surface area contributed by atoms with Crippen LogP contribution in [0.25, 0.3) is 33.3 Å². The number of phenolic OH excluding ortho intramolecular Hbond substituents is 1. The number of aryl methyl sites for hydroxylation is 1. The van der Waals surface area contributed by atoms with E-state index in [2.05, 4.69) is 4.98 Å². The van der Waals surface area contributed by atoms with Crippen LogP contribution in [0, 0.1) is 0 Å². The molecule has 1 aliphatic heterocycles. The van der Waals surface area contributed by atoms with Gasteiger partial charge in [0.1, 0.15) is 5.75 Å². The molecule has 0 unspecified atom stereocenters. The molecule has 5 nitrogen and oxygen atoms in total. The summed E-state index contributed by atoms with van der Waals surface area (Å²) < 4.78 is 1.74. The second kappa shape index (κ2) is 4.23. The standard InChI is InChI=1S/C18H13N3O2/c22-10-5-6-15-13(9-10)11-7-8-21-17(16(11)19-15)20-14-4-2-1-3-12(14)18(21)23/h1-6,9,19,22H,7-8H2. The number of benzene rings is 2. The van der Waals surface area contributed by atoms with Crippen molar-refractivity contribution in [3.63, 3.8) is 0 Å². The van der Waals surface area contributed by atoms with Crippen LogP contribution in [-0.4, -0.2) is 19.6 Å². The van der Waals surface area contributed by atoms with E-state index in [1.165, 1.54) is 0 Å². The van der Waals surface area contributed by atoms with E-state index in [1.54, 1.807) is 16.7 Å². The molecule has 0 radical (unpaired) electrons. The van der Waals surface area contributed by atoms with Crippen molar-refractivity contribution in [2.75, 3.05) is 0 Å². The first-order valence-corrected chi connectivity index (χ1v) is 7.56. The molecular weight excluding hydrogens is 290 g/mol. The first kappa shape index (κ1) is 12.5. The van der Waals surface area contributed by atoms with E-state index < -0.39 is 0 Å². The number of fused-ring (bicyclic) bond motifs is 6. The summed E-state index contributed by atoms with van der Waals surface area (Å²) in [5, 5.41) is 11.4. The van der Waals surface area contributed by atoms with E-state index in [4.69, 9.17) is 4.98 Å². The molecule has 0 amide bonds. The number of aromatic amines is 1. The summed E-state index contributed by atoms with van der Waals surface area (Å²) in [7, 11) is 0. The summed E-state index contributed by atoms with van der Waals surface area (Å²) in [6.07, 6.45) is 0.742. The predicted molar refractivity (Wildman–Crippen MR) is 88.7 cm³/mol. The third-order valence-electron chi connectivity index (χ3n) is 4.56. The Bertz CT molecular complexity index is 1150. The Morgan fingerprint density at radius 1 is 1.13 bits per heavy atom. The SMILES string of the molecule is O=c1c2ccccc2nc2n1CCc1c-2[nH]c2ccc(O)cc12. The van der Waals surface area contributed by atoms with Crippen molar-refractivity contribution in [3.05, 3.63) is 58.4 Å². The molecule has 0 bridgehead atoms. The highest BCUT2D eigenvalue weighted by Gasteiger charge is 2.23. The molecule has 3 heterocycles. The zero-order valence-electron chi connectivity index (χ0n) is 12.2. The number of phenols is 1. The number of nitrogens with zero attached hydrogens (tertiary/aromatic N) is 2. The molecule has 112 valence electrons. The lowest BCUT2D eigenvalue weighted by atomic mass is 10.0. The summed E-state index contributed by atoms with van der Waals surface area (Å²) in [6.45, 7) is 0.599. The average molecular weight is 303 g/mol. The van der Waals surface area contributed by atoms with Gasteiger partial charge < -0.3 is 10.1 Å². The van der Waals surface area contributed by atoms with Crippen LogP contribution in [0.4, 0.5) is 0 Å². The van der Waals surface area contributed by atoms with Crippen molar-refractivity contribution in [1.29, 1.82) is 0 Å². The quantitative estimate of drug-likeness (QED) is 0.525. The van der Waals surface area contributed by atoms with Crippen LogP contribution >= 0.6 is 0 Å². The number of aromatic nitrogens is 3. The molecule has 23 heavy (non-hydrogen) atoms. The van der Waals surface area contributed by atoms with Gasteiger partial charge in [-0.2, -0.15) is 0 Å². The number of para-hydroxylation sites is 1. The van der Waals surface area contributed by atoms with Gasteiger partial charge in [0.15, 0.2) is 5.82 Å². The summed E-state index contributed by atoms with van der Waals surface area (Å²) >= 11 is 0. The van der Waals surface area contributed by atoms with Crippen molar-refractivity contribution in [2.45, 2.75) is 13.0 Å². The summed E-state index contributed by atoms with van der Waals surface area (Å²) in [4.78, 5) is 20.8. The number of rotatable bonds is 0. The fourth-order valence-corrected chi connectivity index (χ4v) is 3.48. The van der Waals surface area contributed by atoms with Gasteiger partial charge in [0, 0.05) is 17.4 Å². The molecule has 5 heteroatoms. The molecule has 0 saturated carbocycles. The minimum Gasteiger partial charge on any atom is -0.508 e. The van der Waals surface area contributed by atoms with Crippen molar-refractivity contribution < 1.29 is 5.11 Å². The van der Waals surface area contributed by atoms with Crippen LogP contribution in [0.5, 0.6) is 5.75 Å². The normalized spacial score (nSPS) is 13.2. The van der Waals surface area contributed by atoms with Crippen LogP contribution in [0.2, 0.25) is 0 Å². The van der Waals surface area contributed by atoms with Crippen LogP contribution < -0.4 is 5.56 Å².